The first-order valence-corrected chi connectivity index (χ1v) is 3.45. The van der Waals surface area contributed by atoms with Crippen LogP contribution in [0.3, 0.4) is 0 Å². The maximum absolute atomic E-state index is 13.2. The standard InChI is InChI=1S/C7H16FN/c1-4-7(8,5-9)6(2)3/h6H,4-5,9H2,1-3H3. The third-order valence-electron chi connectivity index (χ3n) is 1.96. The normalized spacial score (nSPS) is 18.0. The van der Waals surface area contributed by atoms with E-state index in [0.717, 1.165) is 0 Å². The molecule has 1 unspecified atom stereocenters. The van der Waals surface area contributed by atoms with Crippen LogP contribution < -0.4 is 5.73 Å². The molecule has 0 fully saturated rings. The van der Waals surface area contributed by atoms with Crippen LogP contribution in [-0.2, 0) is 0 Å². The van der Waals surface area contributed by atoms with Gasteiger partial charge in [0, 0.05) is 6.54 Å². The van der Waals surface area contributed by atoms with E-state index in [4.69, 9.17) is 5.73 Å². The Labute approximate surface area is 56.4 Å². The van der Waals surface area contributed by atoms with Gasteiger partial charge < -0.3 is 5.73 Å². The molecule has 0 aliphatic carbocycles. The van der Waals surface area contributed by atoms with Crippen molar-refractivity contribution < 1.29 is 4.39 Å². The highest BCUT2D eigenvalue weighted by molar-refractivity contribution is 4.81. The van der Waals surface area contributed by atoms with Crippen LogP contribution in [0.15, 0.2) is 0 Å². The summed E-state index contributed by atoms with van der Waals surface area (Å²) in [6.45, 7) is 5.68. The zero-order chi connectivity index (χ0) is 7.49. The molecule has 0 bridgehead atoms. The maximum atomic E-state index is 13.2. The molecule has 1 nitrogen and oxygen atoms in total. The zero-order valence-corrected chi connectivity index (χ0v) is 6.45. The number of hydrogen-bond acceptors (Lipinski definition) is 1. The maximum Gasteiger partial charge on any atom is 0.125 e. The predicted octanol–water partition coefficient (Wildman–Crippen LogP) is 1.72. The number of hydrogen-bond donors (Lipinski definition) is 1. The van der Waals surface area contributed by atoms with Crippen LogP contribution in [0.2, 0.25) is 0 Å². The Balaban J connectivity index is 3.92. The first-order chi connectivity index (χ1) is 4.06. The summed E-state index contributed by atoms with van der Waals surface area (Å²) in [5.41, 5.74) is 4.10. The monoisotopic (exact) mass is 133 g/mol. The average molecular weight is 133 g/mol. The van der Waals surface area contributed by atoms with Crippen LogP contribution in [0.5, 0.6) is 0 Å². The Morgan fingerprint density at radius 2 is 2.00 bits per heavy atom. The van der Waals surface area contributed by atoms with Gasteiger partial charge in [-0.3, -0.25) is 0 Å². The number of alkyl halides is 1. The summed E-state index contributed by atoms with van der Waals surface area (Å²) in [7, 11) is 0. The average Bonchev–Trinajstić information content (AvgIpc) is 1.86. The summed E-state index contributed by atoms with van der Waals surface area (Å²) in [6, 6.07) is 0. The zero-order valence-electron chi connectivity index (χ0n) is 6.45. The largest absolute Gasteiger partial charge is 0.328 e. The van der Waals surface area contributed by atoms with Crippen molar-refractivity contribution >= 4 is 0 Å². The Bertz CT molecular complexity index is 77.0. The fourth-order valence-corrected chi connectivity index (χ4v) is 0.788. The second-order valence-electron chi connectivity index (χ2n) is 2.75. The highest BCUT2D eigenvalue weighted by atomic mass is 19.1. The SMILES string of the molecule is CCC(F)(CN)C(C)C. The molecule has 2 heteroatoms. The summed E-state index contributed by atoms with van der Waals surface area (Å²) < 4.78 is 13.2. The van der Waals surface area contributed by atoms with Crippen molar-refractivity contribution in [3.05, 3.63) is 0 Å². The number of halogens is 1. The van der Waals surface area contributed by atoms with E-state index < -0.39 is 5.67 Å². The molecule has 0 aromatic carbocycles. The van der Waals surface area contributed by atoms with Crippen molar-refractivity contribution in [2.45, 2.75) is 32.9 Å². The highest BCUT2D eigenvalue weighted by Crippen LogP contribution is 2.23. The lowest BCUT2D eigenvalue weighted by molar-refractivity contribution is 0.105. The van der Waals surface area contributed by atoms with Gasteiger partial charge in [-0.2, -0.15) is 0 Å². The summed E-state index contributed by atoms with van der Waals surface area (Å²) >= 11 is 0. The van der Waals surface area contributed by atoms with Crippen molar-refractivity contribution in [1.29, 1.82) is 0 Å². The lowest BCUT2D eigenvalue weighted by Crippen LogP contribution is -2.37. The predicted molar refractivity (Wildman–Crippen MR) is 38.0 cm³/mol. The van der Waals surface area contributed by atoms with Gasteiger partial charge in [0.15, 0.2) is 0 Å². The molecule has 0 aromatic heterocycles. The first-order valence-electron chi connectivity index (χ1n) is 3.45. The van der Waals surface area contributed by atoms with Crippen molar-refractivity contribution in [3.8, 4) is 0 Å². The highest BCUT2D eigenvalue weighted by Gasteiger charge is 2.29. The Kier molecular flexibility index (Phi) is 3.12. The lowest BCUT2D eigenvalue weighted by atomic mass is 9.90. The Morgan fingerprint density at radius 1 is 1.56 bits per heavy atom. The van der Waals surface area contributed by atoms with Gasteiger partial charge in [0.25, 0.3) is 0 Å². The van der Waals surface area contributed by atoms with Crippen molar-refractivity contribution in [1.82, 2.24) is 0 Å². The Morgan fingerprint density at radius 3 is 2.00 bits per heavy atom. The van der Waals surface area contributed by atoms with Gasteiger partial charge in [0.05, 0.1) is 0 Å². The molecular weight excluding hydrogens is 117 g/mol. The van der Waals surface area contributed by atoms with Crippen molar-refractivity contribution in [2.75, 3.05) is 6.54 Å². The van der Waals surface area contributed by atoms with Crippen molar-refractivity contribution in [2.24, 2.45) is 11.7 Å². The molecule has 0 radical (unpaired) electrons. The molecule has 0 aromatic rings. The molecule has 2 N–H and O–H groups in total. The molecule has 0 aliphatic heterocycles. The molecule has 0 heterocycles. The van der Waals surface area contributed by atoms with E-state index in [9.17, 15) is 4.39 Å². The molecule has 0 saturated carbocycles. The minimum atomic E-state index is -1.14. The quantitative estimate of drug-likeness (QED) is 0.623. The third-order valence-corrected chi connectivity index (χ3v) is 1.96. The van der Waals surface area contributed by atoms with Crippen LogP contribution in [0.1, 0.15) is 27.2 Å². The third kappa shape index (κ3) is 1.94. The molecule has 0 spiro atoms. The molecule has 0 saturated heterocycles. The molecule has 0 amide bonds. The van der Waals surface area contributed by atoms with Gasteiger partial charge in [0.2, 0.25) is 0 Å². The summed E-state index contributed by atoms with van der Waals surface area (Å²) in [5.74, 6) is 0.0347. The van der Waals surface area contributed by atoms with Gasteiger partial charge in [-0.15, -0.1) is 0 Å². The van der Waals surface area contributed by atoms with Gasteiger partial charge >= 0.3 is 0 Å². The summed E-state index contributed by atoms with van der Waals surface area (Å²) in [5, 5.41) is 0. The van der Waals surface area contributed by atoms with Gasteiger partial charge in [-0.05, 0) is 12.3 Å². The second-order valence-corrected chi connectivity index (χ2v) is 2.75. The molecule has 0 rings (SSSR count). The topological polar surface area (TPSA) is 26.0 Å². The number of nitrogens with two attached hydrogens (primary N) is 1. The van der Waals surface area contributed by atoms with E-state index in [-0.39, 0.29) is 12.5 Å². The lowest BCUT2D eigenvalue weighted by Gasteiger charge is -2.25. The van der Waals surface area contributed by atoms with Crippen LogP contribution in [0, 0.1) is 5.92 Å². The fraction of sp³-hybridized carbons (Fsp3) is 1.00. The van der Waals surface area contributed by atoms with Crippen LogP contribution in [0.4, 0.5) is 4.39 Å². The molecular formula is C7H16FN. The number of rotatable bonds is 3. The van der Waals surface area contributed by atoms with E-state index in [1.54, 1.807) is 0 Å². The van der Waals surface area contributed by atoms with E-state index in [2.05, 4.69) is 0 Å². The fourth-order valence-electron chi connectivity index (χ4n) is 0.788. The molecule has 56 valence electrons. The smallest absolute Gasteiger partial charge is 0.125 e. The van der Waals surface area contributed by atoms with Crippen LogP contribution >= 0.6 is 0 Å². The van der Waals surface area contributed by atoms with Gasteiger partial charge in [-0.1, -0.05) is 20.8 Å². The Hall–Kier alpha value is -0.110. The van der Waals surface area contributed by atoms with E-state index in [1.165, 1.54) is 0 Å². The van der Waals surface area contributed by atoms with Gasteiger partial charge in [0.1, 0.15) is 5.67 Å². The van der Waals surface area contributed by atoms with E-state index >= 15 is 0 Å². The minimum absolute atomic E-state index is 0.0347. The molecule has 9 heavy (non-hydrogen) atoms. The minimum Gasteiger partial charge on any atom is -0.328 e. The summed E-state index contributed by atoms with van der Waals surface area (Å²) in [6.07, 6.45) is 0.515. The van der Waals surface area contributed by atoms with Gasteiger partial charge in [-0.25, -0.2) is 4.39 Å². The summed E-state index contributed by atoms with van der Waals surface area (Å²) in [4.78, 5) is 0. The molecule has 0 aliphatic rings. The van der Waals surface area contributed by atoms with E-state index in [1.807, 2.05) is 20.8 Å². The van der Waals surface area contributed by atoms with Crippen LogP contribution in [0.25, 0.3) is 0 Å². The van der Waals surface area contributed by atoms with Crippen molar-refractivity contribution in [3.63, 3.8) is 0 Å². The second kappa shape index (κ2) is 3.16. The molecule has 1 atom stereocenters. The van der Waals surface area contributed by atoms with E-state index in [0.29, 0.717) is 6.42 Å². The van der Waals surface area contributed by atoms with Crippen LogP contribution in [-0.4, -0.2) is 12.2 Å². The first kappa shape index (κ1) is 8.89.